The van der Waals surface area contributed by atoms with Gasteiger partial charge >= 0.3 is 0 Å². The highest BCUT2D eigenvalue weighted by Gasteiger charge is 2.04. The van der Waals surface area contributed by atoms with Crippen LogP contribution >= 0.6 is 0 Å². The van der Waals surface area contributed by atoms with Crippen LogP contribution in [0, 0.1) is 5.41 Å². The maximum atomic E-state index is 7.96. The van der Waals surface area contributed by atoms with Gasteiger partial charge in [-0.2, -0.15) is 5.10 Å². The molecular weight excluding hydrogens is 310 g/mol. The van der Waals surface area contributed by atoms with Gasteiger partial charge in [0.15, 0.2) is 0 Å². The predicted molar refractivity (Wildman–Crippen MR) is 103 cm³/mol. The lowest BCUT2D eigenvalue weighted by Crippen LogP contribution is -2.19. The van der Waals surface area contributed by atoms with E-state index in [1.165, 1.54) is 0 Å². The number of benzene rings is 1. The Hall–Kier alpha value is -2.95. The molecule has 2 aromatic carbocycles. The van der Waals surface area contributed by atoms with Gasteiger partial charge in [-0.3, -0.25) is 10.1 Å². The predicted octanol–water partition coefficient (Wildman–Crippen LogP) is 4.09. The topological polar surface area (TPSA) is 76.9 Å². The lowest BCUT2D eigenvalue weighted by Gasteiger charge is -2.13. The van der Waals surface area contributed by atoms with E-state index in [9.17, 15) is 0 Å². The maximum Gasteiger partial charge on any atom is 0.119 e. The minimum atomic E-state index is -0.0168. The number of nitrogens with zero attached hydrogens (tertiary/aromatic N) is 2. The van der Waals surface area contributed by atoms with Crippen LogP contribution in [0.4, 0.5) is 5.69 Å². The zero-order valence-corrected chi connectivity index (χ0v) is 14.6. The molecule has 0 aliphatic carbocycles. The molecule has 0 saturated carbocycles. The maximum absolute atomic E-state index is 7.96. The van der Waals surface area contributed by atoms with Crippen LogP contribution in [0.25, 0.3) is 10.9 Å². The summed E-state index contributed by atoms with van der Waals surface area (Å²) in [4.78, 5) is 4.80. The third-order valence-corrected chi connectivity index (χ3v) is 4.15. The average Bonchev–Trinajstić information content (AvgIpc) is 2.98. The van der Waals surface area contributed by atoms with Crippen molar-refractivity contribution in [1.29, 1.82) is 5.41 Å². The number of anilines is 1. The Morgan fingerprint density at radius 3 is 2.88 bits per heavy atom. The fourth-order valence-electron chi connectivity index (χ4n) is 2.65. The smallest absolute Gasteiger partial charge is 0.119 e. The van der Waals surface area contributed by atoms with Crippen LogP contribution in [-0.2, 0) is 0 Å². The van der Waals surface area contributed by atoms with E-state index < -0.39 is 0 Å². The summed E-state index contributed by atoms with van der Waals surface area (Å²) in [6.07, 6.45) is 3.40. The van der Waals surface area contributed by atoms with Crippen molar-refractivity contribution in [2.75, 3.05) is 5.32 Å². The first kappa shape index (κ1) is 16.9. The second kappa shape index (κ2) is 7.75. The van der Waals surface area contributed by atoms with Crippen molar-refractivity contribution in [3.63, 3.8) is 0 Å². The Morgan fingerprint density at radius 1 is 1.20 bits per heavy atom. The van der Waals surface area contributed by atoms with Crippen LogP contribution in [-0.4, -0.2) is 22.1 Å². The summed E-state index contributed by atoms with van der Waals surface area (Å²) in [5, 5.41) is 20.5. The van der Waals surface area contributed by atoms with Gasteiger partial charge in [0.25, 0.3) is 0 Å². The molecule has 1 atom stereocenters. The van der Waals surface area contributed by atoms with E-state index >= 15 is 0 Å². The summed E-state index contributed by atoms with van der Waals surface area (Å²) in [6.45, 7) is 4.10. The Labute approximate surface area is 147 Å². The van der Waals surface area contributed by atoms with E-state index in [-0.39, 0.29) is 6.17 Å². The third kappa shape index (κ3) is 4.12. The van der Waals surface area contributed by atoms with Gasteiger partial charge in [0.2, 0.25) is 0 Å². The molecule has 5 heteroatoms. The van der Waals surface area contributed by atoms with E-state index in [0.717, 1.165) is 40.4 Å². The van der Waals surface area contributed by atoms with E-state index in [1.807, 2.05) is 61.7 Å². The summed E-state index contributed by atoms with van der Waals surface area (Å²) >= 11 is 0. The molecule has 0 aliphatic rings. The number of aromatic nitrogens is 2. The van der Waals surface area contributed by atoms with Crippen molar-refractivity contribution in [3.8, 4) is 0 Å². The van der Waals surface area contributed by atoms with Crippen LogP contribution in [0.1, 0.15) is 32.3 Å². The molecule has 1 unspecified atom stereocenters. The molecule has 0 bridgehead atoms. The Morgan fingerprint density at radius 2 is 2.08 bits per heavy atom. The quantitative estimate of drug-likeness (QED) is 0.594. The number of nitrogens with one attached hydrogen (secondary N) is 3. The summed E-state index contributed by atoms with van der Waals surface area (Å²) in [7, 11) is 0. The molecule has 3 aromatic rings. The van der Waals surface area contributed by atoms with Crippen LogP contribution in [0.2, 0.25) is 0 Å². The summed E-state index contributed by atoms with van der Waals surface area (Å²) < 4.78 is 0. The van der Waals surface area contributed by atoms with Gasteiger partial charge in [-0.15, -0.1) is 0 Å². The second-order valence-corrected chi connectivity index (χ2v) is 5.94. The number of hydrogen-bond acceptors (Lipinski definition) is 4. The van der Waals surface area contributed by atoms with Gasteiger partial charge in [-0.05, 0) is 48.7 Å². The minimum absolute atomic E-state index is 0.0168. The third-order valence-electron chi connectivity index (χ3n) is 4.15. The van der Waals surface area contributed by atoms with Crippen molar-refractivity contribution >= 4 is 22.3 Å². The van der Waals surface area contributed by atoms with Gasteiger partial charge in [0.05, 0.1) is 17.1 Å². The largest absolute Gasteiger partial charge is 0.364 e. The van der Waals surface area contributed by atoms with E-state index in [2.05, 4.69) is 22.4 Å². The number of H-pyrrole nitrogens is 1. The van der Waals surface area contributed by atoms with Gasteiger partial charge in [0.1, 0.15) is 6.17 Å². The molecule has 25 heavy (non-hydrogen) atoms. The van der Waals surface area contributed by atoms with Crippen LogP contribution in [0.15, 0.2) is 59.7 Å². The van der Waals surface area contributed by atoms with E-state index in [1.54, 1.807) is 0 Å². The summed E-state index contributed by atoms with van der Waals surface area (Å²) in [5.74, 6) is 0. The number of fused-ring (bicyclic) bond motifs is 1. The average molecular weight is 333 g/mol. The molecule has 0 amide bonds. The molecular formula is C20H23N5. The molecule has 0 saturated heterocycles. The Balaban J connectivity index is 1.84. The first-order valence-electron chi connectivity index (χ1n) is 8.61. The highest BCUT2D eigenvalue weighted by atomic mass is 15.1. The molecule has 0 spiro atoms. The summed E-state index contributed by atoms with van der Waals surface area (Å²) in [5.41, 5.74) is 3.60. The van der Waals surface area contributed by atoms with Crippen molar-refractivity contribution < 1.29 is 0 Å². The fraction of sp³-hybridized carbons (Fsp3) is 0.250. The van der Waals surface area contributed by atoms with Gasteiger partial charge in [0, 0.05) is 16.8 Å². The van der Waals surface area contributed by atoms with Crippen molar-refractivity contribution in [2.45, 2.75) is 32.9 Å². The summed E-state index contributed by atoms with van der Waals surface area (Å²) in [6, 6.07) is 16.0. The molecule has 0 aliphatic heterocycles. The molecule has 1 heterocycles. The normalized spacial score (nSPS) is 13.0. The standard InChI is InChI=1S/C20H23N5/c1-3-18(21)14-6-5-7-16(10-8-14)23-20(4-2)24-17-11-9-15-13-22-25-19(15)12-17/h5-13,20-21,24H,3-4H2,1-2H3,(H,22,25). The monoisotopic (exact) mass is 333 g/mol. The molecule has 5 nitrogen and oxygen atoms in total. The minimum Gasteiger partial charge on any atom is -0.364 e. The Kier molecular flexibility index (Phi) is 5.23. The number of aromatic amines is 1. The first-order chi connectivity index (χ1) is 12.2. The van der Waals surface area contributed by atoms with E-state index in [4.69, 9.17) is 10.4 Å². The Bertz CT molecular complexity index is 942. The number of rotatable bonds is 6. The van der Waals surface area contributed by atoms with Crippen LogP contribution < -0.4 is 10.7 Å². The zero-order chi connectivity index (χ0) is 17.6. The zero-order valence-electron chi connectivity index (χ0n) is 14.6. The molecule has 3 rings (SSSR count). The van der Waals surface area contributed by atoms with Crippen LogP contribution in [0.3, 0.4) is 0 Å². The SMILES string of the molecule is CCC(=N)c1cccc(=NC(CC)Nc2ccc3cn[nH]c3c2)cc1. The molecule has 1 aromatic heterocycles. The highest BCUT2D eigenvalue weighted by molar-refractivity contribution is 5.97. The van der Waals surface area contributed by atoms with E-state index in [0.29, 0.717) is 5.71 Å². The fourth-order valence-corrected chi connectivity index (χ4v) is 2.65. The first-order valence-corrected chi connectivity index (χ1v) is 8.61. The molecule has 3 N–H and O–H groups in total. The number of hydrogen-bond donors (Lipinski definition) is 3. The second-order valence-electron chi connectivity index (χ2n) is 5.94. The van der Waals surface area contributed by atoms with Gasteiger partial charge < -0.3 is 10.7 Å². The lowest BCUT2D eigenvalue weighted by atomic mass is 10.1. The molecule has 0 fully saturated rings. The lowest BCUT2D eigenvalue weighted by molar-refractivity contribution is 0.712. The van der Waals surface area contributed by atoms with Crippen LogP contribution in [0.5, 0.6) is 0 Å². The highest BCUT2D eigenvalue weighted by Crippen LogP contribution is 2.17. The van der Waals surface area contributed by atoms with Gasteiger partial charge in [-0.25, -0.2) is 0 Å². The van der Waals surface area contributed by atoms with Crippen molar-refractivity contribution in [3.05, 3.63) is 65.6 Å². The van der Waals surface area contributed by atoms with Crippen molar-refractivity contribution in [2.24, 2.45) is 4.99 Å². The van der Waals surface area contributed by atoms with Crippen molar-refractivity contribution in [1.82, 2.24) is 10.2 Å². The molecule has 128 valence electrons. The van der Waals surface area contributed by atoms with Gasteiger partial charge in [-0.1, -0.05) is 32.0 Å². The molecule has 0 radical (unpaired) electrons.